The number of aromatic amines is 1. The van der Waals surface area contributed by atoms with Gasteiger partial charge < -0.3 is 10.7 Å². The van der Waals surface area contributed by atoms with E-state index in [-0.39, 0.29) is 25.0 Å². The first-order valence-electron chi connectivity index (χ1n) is 3.09. The van der Waals surface area contributed by atoms with Crippen molar-refractivity contribution in [3.63, 3.8) is 0 Å². The van der Waals surface area contributed by atoms with Crippen LogP contribution in [0.5, 0.6) is 0 Å². The van der Waals surface area contributed by atoms with Crippen LogP contribution in [0.3, 0.4) is 0 Å². The van der Waals surface area contributed by atoms with E-state index in [1.165, 1.54) is 4.57 Å². The number of nitrogens with zero attached hydrogens (tertiary/aromatic N) is 1. The number of rotatable bonds is 0. The van der Waals surface area contributed by atoms with Crippen LogP contribution in [0.15, 0.2) is 4.79 Å². The Morgan fingerprint density at radius 1 is 1.58 bits per heavy atom. The Balaban J connectivity index is 0.00000121. The summed E-state index contributed by atoms with van der Waals surface area (Å²) >= 11 is 4.82. The SMILES string of the molecule is Cc1c(N)[nH]c(=S)n(C)c1=O.[Zn]. The van der Waals surface area contributed by atoms with Crippen molar-refractivity contribution in [1.82, 2.24) is 9.55 Å². The van der Waals surface area contributed by atoms with Crippen molar-refractivity contribution in [2.45, 2.75) is 6.92 Å². The summed E-state index contributed by atoms with van der Waals surface area (Å²) in [7, 11) is 1.60. The molecule has 1 heterocycles. The van der Waals surface area contributed by atoms with Crippen molar-refractivity contribution in [1.29, 1.82) is 0 Å². The zero-order valence-corrected chi connectivity index (χ0v) is 10.8. The molecule has 1 aromatic heterocycles. The molecule has 0 aliphatic carbocycles. The molecule has 0 radical (unpaired) electrons. The second kappa shape index (κ2) is 3.96. The Morgan fingerprint density at radius 3 is 2.58 bits per heavy atom. The van der Waals surface area contributed by atoms with Gasteiger partial charge in [0.05, 0.1) is 5.56 Å². The molecule has 62 valence electrons. The van der Waals surface area contributed by atoms with Gasteiger partial charge in [-0.25, -0.2) is 0 Å². The fourth-order valence-corrected chi connectivity index (χ4v) is 0.945. The number of aromatic nitrogens is 2. The van der Waals surface area contributed by atoms with Gasteiger partial charge in [0, 0.05) is 26.5 Å². The summed E-state index contributed by atoms with van der Waals surface area (Å²) in [4.78, 5) is 13.9. The third-order valence-corrected chi connectivity index (χ3v) is 1.95. The van der Waals surface area contributed by atoms with Crippen molar-refractivity contribution < 1.29 is 19.5 Å². The number of hydrogen-bond donors (Lipinski definition) is 2. The summed E-state index contributed by atoms with van der Waals surface area (Å²) in [5.74, 6) is 0.345. The second-order valence-corrected chi connectivity index (χ2v) is 2.72. The normalized spacial score (nSPS) is 9.17. The molecular weight excluding hydrogens is 228 g/mol. The van der Waals surface area contributed by atoms with Crippen molar-refractivity contribution in [2.75, 3.05) is 5.73 Å². The minimum absolute atomic E-state index is 0. The maximum Gasteiger partial charge on any atom is 0.259 e. The molecule has 4 nitrogen and oxygen atoms in total. The number of anilines is 1. The van der Waals surface area contributed by atoms with Crippen LogP contribution in [0.25, 0.3) is 0 Å². The van der Waals surface area contributed by atoms with E-state index in [0.717, 1.165) is 0 Å². The summed E-state index contributed by atoms with van der Waals surface area (Å²) in [6, 6.07) is 0. The summed E-state index contributed by atoms with van der Waals surface area (Å²) in [6.45, 7) is 1.66. The van der Waals surface area contributed by atoms with Crippen LogP contribution < -0.4 is 11.3 Å². The van der Waals surface area contributed by atoms with Gasteiger partial charge in [-0.05, 0) is 19.1 Å². The minimum atomic E-state index is -0.147. The molecule has 0 saturated heterocycles. The van der Waals surface area contributed by atoms with E-state index in [2.05, 4.69) is 4.98 Å². The van der Waals surface area contributed by atoms with Crippen molar-refractivity contribution in [3.8, 4) is 0 Å². The van der Waals surface area contributed by atoms with Gasteiger partial charge in [0.2, 0.25) is 0 Å². The van der Waals surface area contributed by atoms with Crippen LogP contribution in [-0.4, -0.2) is 9.55 Å². The third kappa shape index (κ3) is 1.82. The Labute approximate surface area is 87.6 Å². The van der Waals surface area contributed by atoms with E-state index in [1.807, 2.05) is 0 Å². The van der Waals surface area contributed by atoms with Gasteiger partial charge in [0.1, 0.15) is 5.82 Å². The predicted octanol–water partition coefficient (Wildman–Crippen LogP) is 0.331. The monoisotopic (exact) mass is 235 g/mol. The molecule has 1 rings (SSSR count). The molecule has 0 amide bonds. The number of hydrogen-bond acceptors (Lipinski definition) is 3. The first kappa shape index (κ1) is 11.5. The van der Waals surface area contributed by atoms with Crippen LogP contribution in [0.4, 0.5) is 5.82 Å². The van der Waals surface area contributed by atoms with Crippen LogP contribution >= 0.6 is 12.2 Å². The smallest absolute Gasteiger partial charge is 0.259 e. The van der Waals surface area contributed by atoms with E-state index in [1.54, 1.807) is 14.0 Å². The van der Waals surface area contributed by atoms with Gasteiger partial charge in [0.25, 0.3) is 5.56 Å². The molecule has 0 fully saturated rings. The number of nitrogens with one attached hydrogen (secondary N) is 1. The predicted molar refractivity (Wildman–Crippen MR) is 46.0 cm³/mol. The molecule has 6 heteroatoms. The maximum atomic E-state index is 11.2. The fraction of sp³-hybridized carbons (Fsp3) is 0.333. The van der Waals surface area contributed by atoms with E-state index in [9.17, 15) is 4.79 Å². The molecule has 0 atom stereocenters. The van der Waals surface area contributed by atoms with Gasteiger partial charge in [0.15, 0.2) is 4.77 Å². The summed E-state index contributed by atoms with van der Waals surface area (Å²) in [5.41, 5.74) is 5.81. The van der Waals surface area contributed by atoms with E-state index < -0.39 is 0 Å². The van der Waals surface area contributed by atoms with Gasteiger partial charge >= 0.3 is 0 Å². The van der Waals surface area contributed by atoms with Crippen molar-refractivity contribution in [2.24, 2.45) is 7.05 Å². The van der Waals surface area contributed by atoms with E-state index >= 15 is 0 Å². The average molecular weight is 237 g/mol. The standard InChI is InChI=1S/C6H9N3OS.Zn/c1-3-4(7)8-6(11)9(2)5(3)10;/h7H2,1-2H3,(H,8,11);. The molecule has 0 spiro atoms. The molecule has 0 saturated carbocycles. The second-order valence-electron chi connectivity index (χ2n) is 2.33. The topological polar surface area (TPSA) is 63.8 Å². The molecular formula is C6H9N3OSZn. The van der Waals surface area contributed by atoms with E-state index in [4.69, 9.17) is 18.0 Å². The molecule has 0 aliphatic heterocycles. The molecule has 0 unspecified atom stereocenters. The molecule has 0 bridgehead atoms. The van der Waals surface area contributed by atoms with Gasteiger partial charge in [-0.3, -0.25) is 9.36 Å². The summed E-state index contributed by atoms with van der Waals surface area (Å²) in [5, 5.41) is 0. The number of H-pyrrole nitrogens is 1. The minimum Gasteiger partial charge on any atom is -0.385 e. The molecule has 0 aliphatic rings. The Bertz CT molecular complexity index is 395. The molecule has 12 heavy (non-hydrogen) atoms. The van der Waals surface area contributed by atoms with Crippen LogP contribution in [0.2, 0.25) is 0 Å². The van der Waals surface area contributed by atoms with Gasteiger partial charge in [-0.1, -0.05) is 0 Å². The third-order valence-electron chi connectivity index (χ3n) is 1.58. The zero-order valence-electron chi connectivity index (χ0n) is 7.05. The Kier molecular flexibility index (Phi) is 3.80. The Hall–Kier alpha value is -0.477. The molecule has 1 aromatic rings. The maximum absolute atomic E-state index is 11.2. The zero-order chi connectivity index (χ0) is 8.59. The van der Waals surface area contributed by atoms with Gasteiger partial charge in [-0.15, -0.1) is 0 Å². The van der Waals surface area contributed by atoms with E-state index in [0.29, 0.717) is 16.2 Å². The molecule has 0 aromatic carbocycles. The first-order valence-corrected chi connectivity index (χ1v) is 3.50. The average Bonchev–Trinajstić information content (AvgIpc) is 1.97. The van der Waals surface area contributed by atoms with Crippen LogP contribution in [0, 0.1) is 11.7 Å². The first-order chi connectivity index (χ1) is 5.04. The van der Waals surface area contributed by atoms with Crippen molar-refractivity contribution >= 4 is 18.0 Å². The Morgan fingerprint density at radius 2 is 2.08 bits per heavy atom. The quantitative estimate of drug-likeness (QED) is 0.504. The molecule has 3 N–H and O–H groups in total. The largest absolute Gasteiger partial charge is 0.385 e. The fourth-order valence-electron chi connectivity index (χ4n) is 0.752. The summed E-state index contributed by atoms with van der Waals surface area (Å²) in [6.07, 6.45) is 0. The van der Waals surface area contributed by atoms with Gasteiger partial charge in [-0.2, -0.15) is 0 Å². The number of nitrogens with two attached hydrogens (primary N) is 1. The van der Waals surface area contributed by atoms with Crippen LogP contribution in [-0.2, 0) is 26.5 Å². The van der Waals surface area contributed by atoms with Crippen molar-refractivity contribution in [3.05, 3.63) is 20.7 Å². The van der Waals surface area contributed by atoms with Crippen LogP contribution in [0.1, 0.15) is 5.56 Å². The summed E-state index contributed by atoms with van der Waals surface area (Å²) < 4.78 is 1.69. The number of nitrogen functional groups attached to an aromatic ring is 1.